The van der Waals surface area contributed by atoms with Crippen molar-refractivity contribution in [2.24, 2.45) is 5.92 Å². The van der Waals surface area contributed by atoms with Crippen molar-refractivity contribution in [1.82, 2.24) is 5.32 Å². The molecule has 2 rings (SSSR count). The molecule has 1 N–H and O–H groups in total. The van der Waals surface area contributed by atoms with Crippen molar-refractivity contribution in [2.45, 2.75) is 38.1 Å². The number of amides is 1. The highest BCUT2D eigenvalue weighted by Crippen LogP contribution is 2.33. The summed E-state index contributed by atoms with van der Waals surface area (Å²) in [6.45, 7) is 2.22. The van der Waals surface area contributed by atoms with Gasteiger partial charge < -0.3 is 5.32 Å². The van der Waals surface area contributed by atoms with Gasteiger partial charge in [-0.15, -0.1) is 0 Å². The summed E-state index contributed by atoms with van der Waals surface area (Å²) < 4.78 is 13.7. The van der Waals surface area contributed by atoms with E-state index in [4.69, 9.17) is 11.6 Å². The topological polar surface area (TPSA) is 29.1 Å². The molecule has 1 fully saturated rings. The Morgan fingerprint density at radius 2 is 2.15 bits per heavy atom. The Labute approximate surface area is 132 Å². The molecule has 0 aliphatic heterocycles. The molecule has 20 heavy (non-hydrogen) atoms. The van der Waals surface area contributed by atoms with Gasteiger partial charge in [-0.2, -0.15) is 0 Å². The molecule has 1 aliphatic carbocycles. The highest BCUT2D eigenvalue weighted by molar-refractivity contribution is 9.09. The van der Waals surface area contributed by atoms with Gasteiger partial charge in [-0.25, -0.2) is 4.39 Å². The van der Waals surface area contributed by atoms with Gasteiger partial charge in [-0.05, 0) is 49.8 Å². The molecule has 0 spiro atoms. The third-order valence-electron chi connectivity index (χ3n) is 4.04. The fourth-order valence-electron chi connectivity index (χ4n) is 2.59. The molecule has 2 nitrogen and oxygen atoms in total. The molecule has 1 amide bonds. The first-order valence-corrected chi connectivity index (χ1v) is 8.29. The first-order chi connectivity index (χ1) is 9.46. The second kappa shape index (κ2) is 6.44. The van der Waals surface area contributed by atoms with Crippen LogP contribution < -0.4 is 5.32 Å². The molecular weight excluding hydrogens is 345 g/mol. The van der Waals surface area contributed by atoms with Crippen LogP contribution in [0.2, 0.25) is 5.02 Å². The Morgan fingerprint density at radius 3 is 2.75 bits per heavy atom. The van der Waals surface area contributed by atoms with Gasteiger partial charge in [0.25, 0.3) is 5.91 Å². The van der Waals surface area contributed by atoms with Crippen molar-refractivity contribution in [3.63, 3.8) is 0 Å². The van der Waals surface area contributed by atoms with Crippen molar-refractivity contribution in [2.75, 3.05) is 5.33 Å². The number of hydrogen-bond donors (Lipinski definition) is 1. The van der Waals surface area contributed by atoms with Gasteiger partial charge in [0.1, 0.15) is 5.82 Å². The van der Waals surface area contributed by atoms with E-state index in [1.807, 2.05) is 0 Å². The molecule has 1 saturated carbocycles. The molecule has 5 heteroatoms. The van der Waals surface area contributed by atoms with Crippen LogP contribution in [0.1, 0.15) is 43.0 Å². The van der Waals surface area contributed by atoms with Gasteiger partial charge in [0.15, 0.2) is 0 Å². The zero-order valence-electron chi connectivity index (χ0n) is 11.4. The van der Waals surface area contributed by atoms with Gasteiger partial charge in [0, 0.05) is 10.4 Å². The highest BCUT2D eigenvalue weighted by atomic mass is 79.9. The second-order valence-corrected chi connectivity index (χ2v) is 6.67. The van der Waals surface area contributed by atoms with Crippen molar-refractivity contribution in [3.05, 3.63) is 34.6 Å². The van der Waals surface area contributed by atoms with Gasteiger partial charge in [-0.3, -0.25) is 4.79 Å². The minimum Gasteiger partial charge on any atom is -0.346 e. The number of carbonyl (C=O) groups excluding carboxylic acids is 1. The normalized spacial score (nSPS) is 26.3. The van der Waals surface area contributed by atoms with E-state index in [1.165, 1.54) is 18.2 Å². The number of nitrogens with one attached hydrogen (secondary N) is 1. The molecule has 1 aromatic rings. The predicted molar refractivity (Wildman–Crippen MR) is 83.0 cm³/mol. The molecule has 0 radical (unpaired) electrons. The molecule has 0 unspecified atom stereocenters. The van der Waals surface area contributed by atoms with E-state index in [-0.39, 0.29) is 17.0 Å². The van der Waals surface area contributed by atoms with Crippen LogP contribution >= 0.6 is 27.5 Å². The lowest BCUT2D eigenvalue weighted by Crippen LogP contribution is -2.52. The molecule has 0 saturated heterocycles. The summed E-state index contributed by atoms with van der Waals surface area (Å²) >= 11 is 9.32. The van der Waals surface area contributed by atoms with Crippen LogP contribution in [-0.2, 0) is 0 Å². The lowest BCUT2D eigenvalue weighted by atomic mass is 9.78. The first kappa shape index (κ1) is 15.8. The van der Waals surface area contributed by atoms with E-state index in [0.717, 1.165) is 25.7 Å². The van der Waals surface area contributed by atoms with Gasteiger partial charge >= 0.3 is 0 Å². The molecule has 1 aromatic carbocycles. The number of benzene rings is 1. The summed E-state index contributed by atoms with van der Waals surface area (Å²) in [4.78, 5) is 12.3. The van der Waals surface area contributed by atoms with E-state index in [1.54, 1.807) is 0 Å². The van der Waals surface area contributed by atoms with Crippen molar-refractivity contribution in [3.8, 4) is 0 Å². The van der Waals surface area contributed by atoms with E-state index in [0.29, 0.717) is 16.3 Å². The molecule has 0 bridgehead atoms. The van der Waals surface area contributed by atoms with E-state index < -0.39 is 5.82 Å². The molecule has 0 atom stereocenters. The van der Waals surface area contributed by atoms with E-state index in [9.17, 15) is 9.18 Å². The summed E-state index contributed by atoms with van der Waals surface area (Å²) in [5, 5.41) is 4.05. The maximum atomic E-state index is 13.7. The fourth-order valence-corrected chi connectivity index (χ4v) is 3.46. The Balaban J connectivity index is 2.15. The maximum Gasteiger partial charge on any atom is 0.254 e. The Kier molecular flexibility index (Phi) is 5.08. The number of alkyl halides is 1. The standard InChI is InChI=1S/C15H18BrClFNO/c1-10-4-6-15(9-16,7-5-10)19-14(20)12-8-11(17)2-3-13(12)18/h2-3,8,10H,4-7,9H2,1H3,(H,19,20). The summed E-state index contributed by atoms with van der Waals surface area (Å²) in [5.41, 5.74) is -0.269. The third kappa shape index (κ3) is 3.53. The number of rotatable bonds is 3. The van der Waals surface area contributed by atoms with Crippen molar-refractivity contribution >= 4 is 33.4 Å². The quantitative estimate of drug-likeness (QED) is 0.785. The minimum absolute atomic E-state index is 0.0106. The second-order valence-electron chi connectivity index (χ2n) is 5.67. The van der Waals surface area contributed by atoms with Gasteiger partial charge in [-0.1, -0.05) is 34.5 Å². The number of hydrogen-bond acceptors (Lipinski definition) is 1. The Morgan fingerprint density at radius 1 is 1.50 bits per heavy atom. The van der Waals surface area contributed by atoms with Crippen LogP contribution in [-0.4, -0.2) is 16.8 Å². The number of halogens is 3. The highest BCUT2D eigenvalue weighted by Gasteiger charge is 2.35. The Hall–Kier alpha value is -0.610. The van der Waals surface area contributed by atoms with Gasteiger partial charge in [0.2, 0.25) is 0 Å². The lowest BCUT2D eigenvalue weighted by Gasteiger charge is -2.39. The Bertz CT molecular complexity index is 501. The lowest BCUT2D eigenvalue weighted by molar-refractivity contribution is 0.0870. The summed E-state index contributed by atoms with van der Waals surface area (Å²) in [6.07, 6.45) is 3.97. The molecule has 1 aliphatic rings. The zero-order valence-corrected chi connectivity index (χ0v) is 13.7. The van der Waals surface area contributed by atoms with Crippen LogP contribution in [0.3, 0.4) is 0 Å². The maximum absolute atomic E-state index is 13.7. The minimum atomic E-state index is -0.541. The van der Waals surface area contributed by atoms with Crippen LogP contribution in [0.5, 0.6) is 0 Å². The fraction of sp³-hybridized carbons (Fsp3) is 0.533. The van der Waals surface area contributed by atoms with Crippen LogP contribution in [0.25, 0.3) is 0 Å². The molecule has 0 aromatic heterocycles. The summed E-state index contributed by atoms with van der Waals surface area (Å²) in [7, 11) is 0. The zero-order chi connectivity index (χ0) is 14.8. The third-order valence-corrected chi connectivity index (χ3v) is 5.35. The molecule has 0 heterocycles. The molecule has 110 valence electrons. The smallest absolute Gasteiger partial charge is 0.254 e. The monoisotopic (exact) mass is 361 g/mol. The summed E-state index contributed by atoms with van der Waals surface area (Å²) in [5.74, 6) is -0.248. The summed E-state index contributed by atoms with van der Waals surface area (Å²) in [6, 6.07) is 4.04. The predicted octanol–water partition coefficient (Wildman–Crippen LogP) is 4.55. The van der Waals surface area contributed by atoms with Gasteiger partial charge in [0.05, 0.1) is 11.1 Å². The number of carbonyl (C=O) groups is 1. The van der Waals surface area contributed by atoms with Crippen molar-refractivity contribution in [1.29, 1.82) is 0 Å². The molecular formula is C15H18BrClFNO. The van der Waals surface area contributed by atoms with Crippen molar-refractivity contribution < 1.29 is 9.18 Å². The SMILES string of the molecule is CC1CCC(CBr)(NC(=O)c2cc(Cl)ccc2F)CC1. The van der Waals surface area contributed by atoms with E-state index in [2.05, 4.69) is 28.2 Å². The average Bonchev–Trinajstić information content (AvgIpc) is 2.44. The van der Waals surface area contributed by atoms with E-state index >= 15 is 0 Å². The van der Waals surface area contributed by atoms with Crippen LogP contribution in [0.15, 0.2) is 18.2 Å². The van der Waals surface area contributed by atoms with Crippen LogP contribution in [0.4, 0.5) is 4.39 Å². The average molecular weight is 363 g/mol. The first-order valence-electron chi connectivity index (χ1n) is 6.79. The largest absolute Gasteiger partial charge is 0.346 e. The van der Waals surface area contributed by atoms with Crippen LogP contribution in [0, 0.1) is 11.7 Å².